The van der Waals surface area contributed by atoms with Crippen molar-refractivity contribution in [2.75, 3.05) is 6.67 Å². The molecular formula is C21H23FN2. The Morgan fingerprint density at radius 2 is 1.83 bits per heavy atom. The fourth-order valence-electron chi connectivity index (χ4n) is 2.95. The van der Waals surface area contributed by atoms with Crippen LogP contribution in [0.3, 0.4) is 0 Å². The molecule has 1 aromatic heterocycles. The number of halogens is 1. The van der Waals surface area contributed by atoms with Gasteiger partial charge >= 0.3 is 0 Å². The average Bonchev–Trinajstić information content (AvgIpc) is 2.99. The molecule has 0 saturated carbocycles. The lowest BCUT2D eigenvalue weighted by molar-refractivity contribution is 0.578. The highest BCUT2D eigenvalue weighted by Crippen LogP contribution is 2.27. The summed E-state index contributed by atoms with van der Waals surface area (Å²) in [6.45, 7) is 3.72. The minimum absolute atomic E-state index is 0.505. The Morgan fingerprint density at radius 1 is 1.08 bits per heavy atom. The normalized spacial score (nSPS) is 16.3. The van der Waals surface area contributed by atoms with Gasteiger partial charge in [-0.05, 0) is 43.4 Å². The van der Waals surface area contributed by atoms with Crippen molar-refractivity contribution in [3.8, 4) is 11.4 Å². The predicted molar refractivity (Wildman–Crippen MR) is 99.4 cm³/mol. The van der Waals surface area contributed by atoms with E-state index in [2.05, 4.69) is 60.2 Å². The minimum atomic E-state index is -0.505. The third-order valence-corrected chi connectivity index (χ3v) is 4.33. The maximum atomic E-state index is 12.7. The van der Waals surface area contributed by atoms with Crippen LogP contribution in [0.4, 0.5) is 4.39 Å². The van der Waals surface area contributed by atoms with E-state index in [1.54, 1.807) is 0 Å². The standard InChI is InChI=1S/C21H23FN2/c1-3-4-19-20(13-14-22)24-21(23-19)18-11-9-17(10-12-18)16-7-5-15(2)6-8-16/h4-5,7,9-13H,3,6,8,14H2,1-2H3,(H,23,24)/b19-4+,20-13+. The lowest BCUT2D eigenvalue weighted by atomic mass is 9.93. The molecular weight excluding hydrogens is 299 g/mol. The number of hydrogen-bond donors (Lipinski definition) is 1. The lowest BCUT2D eigenvalue weighted by Gasteiger charge is -2.12. The van der Waals surface area contributed by atoms with Gasteiger partial charge in [-0.2, -0.15) is 0 Å². The molecule has 0 bridgehead atoms. The first kappa shape index (κ1) is 16.4. The van der Waals surface area contributed by atoms with Gasteiger partial charge in [0.15, 0.2) is 0 Å². The van der Waals surface area contributed by atoms with Gasteiger partial charge in [0.2, 0.25) is 0 Å². The largest absolute Gasteiger partial charge is 0.338 e. The number of imidazole rings is 1. The zero-order chi connectivity index (χ0) is 16.9. The Hall–Kier alpha value is -2.42. The van der Waals surface area contributed by atoms with Gasteiger partial charge < -0.3 is 4.98 Å². The van der Waals surface area contributed by atoms with Crippen LogP contribution in [0, 0.1) is 0 Å². The molecule has 1 N–H and O–H groups in total. The van der Waals surface area contributed by atoms with E-state index in [0.717, 1.165) is 36.0 Å². The molecule has 1 heterocycles. The Morgan fingerprint density at radius 3 is 2.46 bits per heavy atom. The monoisotopic (exact) mass is 322 g/mol. The average molecular weight is 322 g/mol. The Kier molecular flexibility index (Phi) is 5.09. The number of aromatic nitrogens is 2. The van der Waals surface area contributed by atoms with Crippen LogP contribution >= 0.6 is 0 Å². The van der Waals surface area contributed by atoms with Gasteiger partial charge in [0.25, 0.3) is 0 Å². The maximum absolute atomic E-state index is 12.7. The van der Waals surface area contributed by atoms with Crippen molar-refractivity contribution in [2.24, 2.45) is 0 Å². The van der Waals surface area contributed by atoms with E-state index in [1.165, 1.54) is 22.8 Å². The van der Waals surface area contributed by atoms with E-state index in [4.69, 9.17) is 0 Å². The van der Waals surface area contributed by atoms with Crippen molar-refractivity contribution in [3.05, 3.63) is 58.3 Å². The van der Waals surface area contributed by atoms with Crippen LogP contribution in [-0.4, -0.2) is 16.6 Å². The summed E-state index contributed by atoms with van der Waals surface area (Å²) in [6.07, 6.45) is 11.1. The van der Waals surface area contributed by atoms with Crippen molar-refractivity contribution in [2.45, 2.75) is 33.1 Å². The van der Waals surface area contributed by atoms with Crippen LogP contribution < -0.4 is 10.7 Å². The second-order valence-electron chi connectivity index (χ2n) is 6.14. The summed E-state index contributed by atoms with van der Waals surface area (Å²) >= 11 is 0. The molecule has 0 radical (unpaired) electrons. The molecule has 2 nitrogen and oxygen atoms in total. The number of allylic oxidation sites excluding steroid dienone is 4. The van der Waals surface area contributed by atoms with Crippen LogP contribution in [0.2, 0.25) is 0 Å². The molecule has 1 aromatic carbocycles. The molecule has 0 amide bonds. The third kappa shape index (κ3) is 3.56. The lowest BCUT2D eigenvalue weighted by Crippen LogP contribution is -2.24. The predicted octanol–water partition coefficient (Wildman–Crippen LogP) is 4.14. The molecule has 2 aromatic rings. The number of aromatic amines is 1. The molecule has 124 valence electrons. The Balaban J connectivity index is 1.93. The molecule has 0 aliphatic heterocycles. The van der Waals surface area contributed by atoms with Gasteiger partial charge in [0.1, 0.15) is 12.5 Å². The molecule has 3 heteroatoms. The van der Waals surface area contributed by atoms with E-state index in [9.17, 15) is 4.39 Å². The number of H-pyrrole nitrogens is 1. The quantitative estimate of drug-likeness (QED) is 0.900. The zero-order valence-electron chi connectivity index (χ0n) is 14.3. The molecule has 0 fully saturated rings. The second-order valence-corrected chi connectivity index (χ2v) is 6.14. The summed E-state index contributed by atoms with van der Waals surface area (Å²) < 4.78 is 12.7. The zero-order valence-corrected chi connectivity index (χ0v) is 14.3. The Bertz CT molecular complexity index is 849. The van der Waals surface area contributed by atoms with Gasteiger partial charge in [-0.1, -0.05) is 55.0 Å². The summed E-state index contributed by atoms with van der Waals surface area (Å²) in [5, 5.41) is 1.58. The van der Waals surface area contributed by atoms with Crippen molar-refractivity contribution in [1.29, 1.82) is 0 Å². The van der Waals surface area contributed by atoms with Crippen LogP contribution in [0.1, 0.15) is 38.7 Å². The highest BCUT2D eigenvalue weighted by atomic mass is 19.1. The van der Waals surface area contributed by atoms with Crippen LogP contribution in [0.25, 0.3) is 29.1 Å². The van der Waals surface area contributed by atoms with E-state index < -0.39 is 6.67 Å². The van der Waals surface area contributed by atoms with Gasteiger partial charge in [0.05, 0.1) is 10.7 Å². The number of rotatable bonds is 4. The number of alkyl halides is 1. The first-order valence-corrected chi connectivity index (χ1v) is 8.50. The molecule has 1 aliphatic carbocycles. The van der Waals surface area contributed by atoms with E-state index in [0.29, 0.717) is 5.35 Å². The maximum Gasteiger partial charge on any atom is 0.138 e. The highest BCUT2D eigenvalue weighted by molar-refractivity contribution is 5.70. The molecule has 3 rings (SSSR count). The smallest absolute Gasteiger partial charge is 0.138 e. The molecule has 0 unspecified atom stereocenters. The number of nitrogens with one attached hydrogen (secondary N) is 1. The number of nitrogens with zero attached hydrogens (tertiary/aromatic N) is 1. The molecule has 0 atom stereocenters. The summed E-state index contributed by atoms with van der Waals surface area (Å²) in [4.78, 5) is 7.83. The Labute approximate surface area is 142 Å². The highest BCUT2D eigenvalue weighted by Gasteiger charge is 2.07. The van der Waals surface area contributed by atoms with Crippen molar-refractivity contribution < 1.29 is 4.39 Å². The van der Waals surface area contributed by atoms with Crippen molar-refractivity contribution in [1.82, 2.24) is 9.97 Å². The third-order valence-electron chi connectivity index (χ3n) is 4.33. The van der Waals surface area contributed by atoms with Gasteiger partial charge in [-0.3, -0.25) is 0 Å². The number of hydrogen-bond acceptors (Lipinski definition) is 1. The summed E-state index contributed by atoms with van der Waals surface area (Å²) in [5.41, 5.74) is 5.08. The van der Waals surface area contributed by atoms with E-state index in [-0.39, 0.29) is 0 Å². The van der Waals surface area contributed by atoms with Crippen LogP contribution in [0.15, 0.2) is 42.0 Å². The first-order valence-electron chi connectivity index (χ1n) is 8.50. The van der Waals surface area contributed by atoms with Crippen molar-refractivity contribution in [3.63, 3.8) is 0 Å². The van der Waals surface area contributed by atoms with Crippen LogP contribution in [0.5, 0.6) is 0 Å². The molecule has 1 aliphatic rings. The number of benzene rings is 1. The van der Waals surface area contributed by atoms with E-state index >= 15 is 0 Å². The minimum Gasteiger partial charge on any atom is -0.338 e. The first-order chi connectivity index (χ1) is 11.7. The second kappa shape index (κ2) is 7.43. The van der Waals surface area contributed by atoms with Gasteiger partial charge in [0, 0.05) is 5.56 Å². The summed E-state index contributed by atoms with van der Waals surface area (Å²) in [5.74, 6) is 0.786. The topological polar surface area (TPSA) is 28.7 Å². The van der Waals surface area contributed by atoms with Gasteiger partial charge in [-0.15, -0.1) is 0 Å². The molecule has 24 heavy (non-hydrogen) atoms. The van der Waals surface area contributed by atoms with Crippen LogP contribution in [-0.2, 0) is 0 Å². The fourth-order valence-corrected chi connectivity index (χ4v) is 2.95. The summed E-state index contributed by atoms with van der Waals surface area (Å²) in [6, 6.07) is 8.43. The van der Waals surface area contributed by atoms with Gasteiger partial charge in [-0.25, -0.2) is 9.37 Å². The van der Waals surface area contributed by atoms with E-state index in [1.807, 2.05) is 6.08 Å². The summed E-state index contributed by atoms with van der Waals surface area (Å²) in [7, 11) is 0. The fraction of sp³-hybridized carbons (Fsp3) is 0.286. The SMILES string of the molecule is CC/C=c1/[nH]c(-c2ccc(C3=CC=C(C)CC3)cc2)n/c1=C/CF. The molecule has 0 spiro atoms. The van der Waals surface area contributed by atoms with Crippen molar-refractivity contribution >= 4 is 17.7 Å². The molecule has 0 saturated heterocycles.